The molecule has 1 aromatic heterocycles. The van der Waals surface area contributed by atoms with Gasteiger partial charge in [0.1, 0.15) is 11.7 Å². The second-order valence-electron chi connectivity index (χ2n) is 3.97. The highest BCUT2D eigenvalue weighted by Crippen LogP contribution is 2.36. The Morgan fingerprint density at radius 1 is 1.31 bits per heavy atom. The predicted molar refractivity (Wildman–Crippen MR) is 62.4 cm³/mol. The van der Waals surface area contributed by atoms with Crippen LogP contribution in [-0.2, 0) is 0 Å². The maximum Gasteiger partial charge on any atom is 0.175 e. The molecule has 0 amide bonds. The maximum atomic E-state index is 9.91. The molecule has 2 N–H and O–H groups in total. The van der Waals surface area contributed by atoms with Crippen molar-refractivity contribution in [3.8, 4) is 5.75 Å². The van der Waals surface area contributed by atoms with Gasteiger partial charge in [0, 0.05) is 0 Å². The van der Waals surface area contributed by atoms with Crippen molar-refractivity contribution in [2.75, 3.05) is 0 Å². The molecular weight excluding hydrogens is 204 g/mol. The van der Waals surface area contributed by atoms with Gasteiger partial charge >= 0.3 is 0 Å². The van der Waals surface area contributed by atoms with Gasteiger partial charge in [-0.2, -0.15) is 0 Å². The van der Waals surface area contributed by atoms with Crippen LogP contribution >= 0.6 is 0 Å². The van der Waals surface area contributed by atoms with Crippen LogP contribution in [0.1, 0.15) is 38.1 Å². The first kappa shape index (κ1) is 11.0. The lowest BCUT2D eigenvalue weighted by Gasteiger charge is -2.06. The fourth-order valence-corrected chi connectivity index (χ4v) is 1.81. The van der Waals surface area contributed by atoms with Gasteiger partial charge in [-0.1, -0.05) is 31.9 Å². The second-order valence-corrected chi connectivity index (χ2v) is 3.97. The summed E-state index contributed by atoms with van der Waals surface area (Å²) in [6.07, 6.45) is 1.83. The zero-order chi connectivity index (χ0) is 11.5. The number of aromatic hydroxyl groups is 1. The summed E-state index contributed by atoms with van der Waals surface area (Å²) in [5, 5.41) is 20.4. The second kappa shape index (κ2) is 4.58. The van der Waals surface area contributed by atoms with E-state index in [0.717, 1.165) is 12.8 Å². The molecule has 0 spiro atoms. The van der Waals surface area contributed by atoms with Crippen molar-refractivity contribution >= 4 is 11.0 Å². The Bertz CT molecular complexity index is 473. The normalized spacial score (nSPS) is 13.1. The first-order valence-corrected chi connectivity index (χ1v) is 5.62. The molecule has 0 saturated heterocycles. The molecule has 0 fully saturated rings. The van der Waals surface area contributed by atoms with E-state index in [9.17, 15) is 10.2 Å². The standard InChI is InChI=1S/C13H16O3/c1-2-3-7-10(14)13-12(15)9-6-4-5-8-11(9)16-13/h4-6,8,10,14-15H,2-3,7H2,1H3. The van der Waals surface area contributed by atoms with Crippen molar-refractivity contribution in [1.29, 1.82) is 0 Å². The third kappa shape index (κ3) is 1.91. The SMILES string of the molecule is CCCCC(O)c1oc2ccccc2c1O. The van der Waals surface area contributed by atoms with Crippen LogP contribution < -0.4 is 0 Å². The molecule has 2 rings (SSSR count). The van der Waals surface area contributed by atoms with Gasteiger partial charge in [0.15, 0.2) is 11.5 Å². The summed E-state index contributed by atoms with van der Waals surface area (Å²) in [6.45, 7) is 2.06. The monoisotopic (exact) mass is 220 g/mol. The summed E-state index contributed by atoms with van der Waals surface area (Å²) in [5.74, 6) is 0.355. The Balaban J connectivity index is 2.33. The first-order chi connectivity index (χ1) is 7.74. The molecule has 86 valence electrons. The topological polar surface area (TPSA) is 53.6 Å². The molecule has 1 aromatic carbocycles. The van der Waals surface area contributed by atoms with Crippen molar-refractivity contribution in [3.63, 3.8) is 0 Å². The molecule has 0 saturated carbocycles. The van der Waals surface area contributed by atoms with Crippen molar-refractivity contribution in [3.05, 3.63) is 30.0 Å². The highest BCUT2D eigenvalue weighted by atomic mass is 16.4. The van der Waals surface area contributed by atoms with Gasteiger partial charge in [0.05, 0.1) is 5.39 Å². The number of aliphatic hydroxyl groups is 1. The van der Waals surface area contributed by atoms with E-state index in [4.69, 9.17) is 4.42 Å². The van der Waals surface area contributed by atoms with Crippen LogP contribution in [0.25, 0.3) is 11.0 Å². The molecule has 0 radical (unpaired) electrons. The minimum Gasteiger partial charge on any atom is -0.504 e. The summed E-state index contributed by atoms with van der Waals surface area (Å²) in [5.41, 5.74) is 0.616. The third-order valence-corrected chi connectivity index (χ3v) is 2.73. The van der Waals surface area contributed by atoms with Crippen molar-refractivity contribution in [2.45, 2.75) is 32.3 Å². The smallest absolute Gasteiger partial charge is 0.175 e. The van der Waals surface area contributed by atoms with E-state index in [2.05, 4.69) is 6.92 Å². The van der Waals surface area contributed by atoms with Crippen LogP contribution in [0, 0.1) is 0 Å². The van der Waals surface area contributed by atoms with Crippen LogP contribution in [-0.4, -0.2) is 10.2 Å². The number of para-hydroxylation sites is 1. The van der Waals surface area contributed by atoms with Crippen LogP contribution in [0.15, 0.2) is 28.7 Å². The van der Waals surface area contributed by atoms with Crippen molar-refractivity contribution in [1.82, 2.24) is 0 Å². The molecule has 1 atom stereocenters. The zero-order valence-corrected chi connectivity index (χ0v) is 9.31. The maximum absolute atomic E-state index is 9.91. The number of aliphatic hydroxyl groups excluding tert-OH is 1. The van der Waals surface area contributed by atoms with Gasteiger partial charge in [-0.25, -0.2) is 0 Å². The lowest BCUT2D eigenvalue weighted by Crippen LogP contribution is -1.95. The number of fused-ring (bicyclic) bond motifs is 1. The predicted octanol–water partition coefficient (Wildman–Crippen LogP) is 3.36. The quantitative estimate of drug-likeness (QED) is 0.830. The fourth-order valence-electron chi connectivity index (χ4n) is 1.81. The molecule has 1 heterocycles. The summed E-state index contributed by atoms with van der Waals surface area (Å²) < 4.78 is 5.46. The number of benzene rings is 1. The molecule has 2 aromatic rings. The van der Waals surface area contributed by atoms with Crippen LogP contribution in [0.3, 0.4) is 0 Å². The highest BCUT2D eigenvalue weighted by molar-refractivity contribution is 5.85. The largest absolute Gasteiger partial charge is 0.504 e. The van der Waals surface area contributed by atoms with Crippen LogP contribution in [0.5, 0.6) is 5.75 Å². The minimum absolute atomic E-state index is 0.0687. The number of hydrogen-bond acceptors (Lipinski definition) is 3. The van der Waals surface area contributed by atoms with Gasteiger partial charge in [-0.3, -0.25) is 0 Å². The van der Waals surface area contributed by atoms with E-state index >= 15 is 0 Å². The van der Waals surface area contributed by atoms with E-state index in [0.29, 0.717) is 17.4 Å². The molecule has 3 heteroatoms. The first-order valence-electron chi connectivity index (χ1n) is 5.62. The lowest BCUT2D eigenvalue weighted by molar-refractivity contribution is 0.135. The van der Waals surface area contributed by atoms with E-state index in [1.54, 1.807) is 12.1 Å². The van der Waals surface area contributed by atoms with E-state index < -0.39 is 6.10 Å². The van der Waals surface area contributed by atoms with Crippen molar-refractivity contribution < 1.29 is 14.6 Å². The van der Waals surface area contributed by atoms with Crippen molar-refractivity contribution in [2.24, 2.45) is 0 Å². The Kier molecular flexibility index (Phi) is 3.15. The Hall–Kier alpha value is -1.48. The lowest BCUT2D eigenvalue weighted by atomic mass is 10.1. The third-order valence-electron chi connectivity index (χ3n) is 2.73. The average Bonchev–Trinajstić information content (AvgIpc) is 2.64. The summed E-state index contributed by atoms with van der Waals surface area (Å²) in [7, 11) is 0. The Morgan fingerprint density at radius 3 is 2.75 bits per heavy atom. The molecular formula is C13H16O3. The van der Waals surface area contributed by atoms with Gasteiger partial charge in [0.25, 0.3) is 0 Å². The number of furan rings is 1. The Morgan fingerprint density at radius 2 is 2.06 bits per heavy atom. The minimum atomic E-state index is -0.715. The van der Waals surface area contributed by atoms with E-state index in [-0.39, 0.29) is 11.5 Å². The molecule has 0 bridgehead atoms. The molecule has 0 aliphatic carbocycles. The van der Waals surface area contributed by atoms with Crippen LogP contribution in [0.2, 0.25) is 0 Å². The Labute approximate surface area is 94.3 Å². The van der Waals surface area contributed by atoms with Gasteiger partial charge < -0.3 is 14.6 Å². The van der Waals surface area contributed by atoms with Gasteiger partial charge in [-0.15, -0.1) is 0 Å². The fraction of sp³-hybridized carbons (Fsp3) is 0.385. The molecule has 0 aliphatic heterocycles. The summed E-state index contributed by atoms with van der Waals surface area (Å²) in [6, 6.07) is 7.24. The summed E-state index contributed by atoms with van der Waals surface area (Å²) in [4.78, 5) is 0. The average molecular weight is 220 g/mol. The van der Waals surface area contributed by atoms with E-state index in [1.165, 1.54) is 0 Å². The van der Waals surface area contributed by atoms with Gasteiger partial charge in [0.2, 0.25) is 0 Å². The number of rotatable bonds is 4. The molecule has 3 nitrogen and oxygen atoms in total. The molecule has 1 unspecified atom stereocenters. The number of hydrogen-bond donors (Lipinski definition) is 2. The zero-order valence-electron chi connectivity index (χ0n) is 9.31. The molecule has 0 aliphatic rings. The van der Waals surface area contributed by atoms with E-state index in [1.807, 2.05) is 12.1 Å². The molecule has 16 heavy (non-hydrogen) atoms. The highest BCUT2D eigenvalue weighted by Gasteiger charge is 2.19. The van der Waals surface area contributed by atoms with Gasteiger partial charge in [-0.05, 0) is 18.6 Å². The number of unbranched alkanes of at least 4 members (excludes halogenated alkanes) is 1. The van der Waals surface area contributed by atoms with Crippen LogP contribution in [0.4, 0.5) is 0 Å². The summed E-state index contributed by atoms with van der Waals surface area (Å²) >= 11 is 0.